The topological polar surface area (TPSA) is 91.8 Å². The summed E-state index contributed by atoms with van der Waals surface area (Å²) in [6, 6.07) is 11.0. The molecular formula is C17H22ClIN4O3S2. The zero-order valence-corrected chi connectivity index (χ0v) is 19.9. The maximum Gasteiger partial charge on any atom is 0.250 e. The van der Waals surface area contributed by atoms with Gasteiger partial charge in [0.1, 0.15) is 9.96 Å². The van der Waals surface area contributed by atoms with Crippen molar-refractivity contribution in [3.8, 4) is 5.75 Å². The maximum absolute atomic E-state index is 12.2. The molecule has 0 spiro atoms. The lowest BCUT2D eigenvalue weighted by molar-refractivity contribution is 0.261. The van der Waals surface area contributed by atoms with E-state index in [4.69, 9.17) is 16.3 Å². The Morgan fingerprint density at radius 1 is 1.29 bits per heavy atom. The standard InChI is InChI=1S/C17H21ClN4O3S2.HI/c1-19-17(22-13-8-11-25-14-5-3-2-4-12(13)14)20-9-10-21-27(23,24)16-7-6-15(18)26-16;/h2-7,13,21H,8-11H2,1H3,(H2,19,20,22);1H. The molecule has 3 rings (SSSR count). The highest BCUT2D eigenvalue weighted by molar-refractivity contribution is 14.0. The Morgan fingerprint density at radius 2 is 2.07 bits per heavy atom. The molecule has 154 valence electrons. The van der Waals surface area contributed by atoms with Crippen LogP contribution in [0.2, 0.25) is 4.34 Å². The number of hydrogen-bond acceptors (Lipinski definition) is 5. The van der Waals surface area contributed by atoms with Gasteiger partial charge in [0, 0.05) is 32.1 Å². The molecule has 1 unspecified atom stereocenters. The Morgan fingerprint density at radius 3 is 2.79 bits per heavy atom. The minimum Gasteiger partial charge on any atom is -0.493 e. The number of nitrogens with zero attached hydrogens (tertiary/aromatic N) is 1. The van der Waals surface area contributed by atoms with Gasteiger partial charge in [-0.15, -0.1) is 35.3 Å². The van der Waals surface area contributed by atoms with Crippen LogP contribution in [0.15, 0.2) is 45.6 Å². The van der Waals surface area contributed by atoms with E-state index in [0.29, 0.717) is 23.4 Å². The molecule has 1 aromatic carbocycles. The van der Waals surface area contributed by atoms with E-state index in [0.717, 1.165) is 29.1 Å². The van der Waals surface area contributed by atoms with Gasteiger partial charge in [0.15, 0.2) is 5.96 Å². The second-order valence-corrected chi connectivity index (χ2v) is 9.54. The summed E-state index contributed by atoms with van der Waals surface area (Å²) >= 11 is 6.82. The molecule has 2 heterocycles. The van der Waals surface area contributed by atoms with E-state index < -0.39 is 10.0 Å². The van der Waals surface area contributed by atoms with Gasteiger partial charge in [0.25, 0.3) is 0 Å². The molecule has 0 bridgehead atoms. The third-order valence-electron chi connectivity index (χ3n) is 4.02. The Balaban J connectivity index is 0.00000280. The van der Waals surface area contributed by atoms with Crippen molar-refractivity contribution in [1.29, 1.82) is 0 Å². The van der Waals surface area contributed by atoms with Gasteiger partial charge in [-0.05, 0) is 18.2 Å². The van der Waals surface area contributed by atoms with Crippen LogP contribution in [0.3, 0.4) is 0 Å². The van der Waals surface area contributed by atoms with E-state index >= 15 is 0 Å². The van der Waals surface area contributed by atoms with Crippen LogP contribution in [0.1, 0.15) is 18.0 Å². The monoisotopic (exact) mass is 556 g/mol. The van der Waals surface area contributed by atoms with Gasteiger partial charge in [-0.2, -0.15) is 0 Å². The van der Waals surface area contributed by atoms with Crippen LogP contribution < -0.4 is 20.1 Å². The normalized spacial score (nSPS) is 16.5. The van der Waals surface area contributed by atoms with Crippen LogP contribution in [0.25, 0.3) is 0 Å². The summed E-state index contributed by atoms with van der Waals surface area (Å²) in [5, 5.41) is 6.49. The van der Waals surface area contributed by atoms with Gasteiger partial charge in [-0.25, -0.2) is 13.1 Å². The van der Waals surface area contributed by atoms with Crippen molar-refractivity contribution in [1.82, 2.24) is 15.4 Å². The summed E-state index contributed by atoms with van der Waals surface area (Å²) in [6.07, 6.45) is 0.823. The van der Waals surface area contributed by atoms with Crippen LogP contribution in [-0.4, -0.2) is 41.1 Å². The van der Waals surface area contributed by atoms with Crippen molar-refractivity contribution in [2.45, 2.75) is 16.7 Å². The van der Waals surface area contributed by atoms with Crippen LogP contribution in [0.4, 0.5) is 0 Å². The highest BCUT2D eigenvalue weighted by Gasteiger charge is 2.22. The van der Waals surface area contributed by atoms with Gasteiger partial charge in [0.05, 0.1) is 17.0 Å². The number of para-hydroxylation sites is 1. The number of fused-ring (bicyclic) bond motifs is 1. The van der Waals surface area contributed by atoms with Crippen LogP contribution >= 0.6 is 46.9 Å². The second kappa shape index (κ2) is 10.6. The molecule has 0 aliphatic carbocycles. The number of sulfonamides is 1. The number of halogens is 2. The number of guanidine groups is 1. The Labute approximate surface area is 191 Å². The molecule has 2 aromatic rings. The van der Waals surface area contributed by atoms with Gasteiger partial charge < -0.3 is 15.4 Å². The fraction of sp³-hybridized carbons (Fsp3) is 0.353. The summed E-state index contributed by atoms with van der Waals surface area (Å²) in [6.45, 7) is 1.25. The minimum absolute atomic E-state index is 0. The Kier molecular flexibility index (Phi) is 8.81. The van der Waals surface area contributed by atoms with Gasteiger partial charge in [0.2, 0.25) is 10.0 Å². The molecule has 1 aliphatic heterocycles. The zero-order chi connectivity index (χ0) is 19.3. The smallest absolute Gasteiger partial charge is 0.250 e. The molecule has 1 aromatic heterocycles. The zero-order valence-electron chi connectivity index (χ0n) is 15.1. The number of hydrogen-bond donors (Lipinski definition) is 3. The van der Waals surface area contributed by atoms with Crippen molar-refractivity contribution in [2.75, 3.05) is 26.7 Å². The minimum atomic E-state index is -3.54. The summed E-state index contributed by atoms with van der Waals surface area (Å²) in [5.41, 5.74) is 1.09. The quantitative estimate of drug-likeness (QED) is 0.220. The number of rotatable bonds is 6. The first-order valence-corrected chi connectivity index (χ1v) is 11.1. The van der Waals surface area contributed by atoms with Crippen molar-refractivity contribution in [3.63, 3.8) is 0 Å². The molecule has 0 saturated carbocycles. The average Bonchev–Trinajstić information content (AvgIpc) is 3.12. The largest absolute Gasteiger partial charge is 0.493 e. The van der Waals surface area contributed by atoms with Crippen LogP contribution in [-0.2, 0) is 10.0 Å². The van der Waals surface area contributed by atoms with E-state index in [9.17, 15) is 8.42 Å². The molecular weight excluding hydrogens is 535 g/mol. The van der Waals surface area contributed by atoms with E-state index in [1.807, 2.05) is 24.3 Å². The van der Waals surface area contributed by atoms with Crippen molar-refractivity contribution < 1.29 is 13.2 Å². The predicted molar refractivity (Wildman–Crippen MR) is 124 cm³/mol. The maximum atomic E-state index is 12.2. The molecule has 28 heavy (non-hydrogen) atoms. The fourth-order valence-electron chi connectivity index (χ4n) is 2.73. The van der Waals surface area contributed by atoms with Gasteiger partial charge in [-0.3, -0.25) is 4.99 Å². The molecule has 0 saturated heterocycles. The van der Waals surface area contributed by atoms with E-state index in [1.54, 1.807) is 13.1 Å². The second-order valence-electron chi connectivity index (χ2n) is 5.83. The van der Waals surface area contributed by atoms with Crippen molar-refractivity contribution in [2.24, 2.45) is 4.99 Å². The highest BCUT2D eigenvalue weighted by Crippen LogP contribution is 2.31. The lowest BCUT2D eigenvalue weighted by atomic mass is 10.0. The lowest BCUT2D eigenvalue weighted by Crippen LogP contribution is -2.43. The molecule has 0 radical (unpaired) electrons. The van der Waals surface area contributed by atoms with Gasteiger partial charge >= 0.3 is 0 Å². The number of thiophene rings is 1. The molecule has 0 fully saturated rings. The van der Waals surface area contributed by atoms with E-state index in [2.05, 4.69) is 20.3 Å². The summed E-state index contributed by atoms with van der Waals surface area (Å²) in [7, 11) is -1.87. The number of nitrogens with one attached hydrogen (secondary N) is 3. The predicted octanol–water partition coefficient (Wildman–Crippen LogP) is 2.99. The highest BCUT2D eigenvalue weighted by atomic mass is 127. The SMILES string of the molecule is CN=C(NCCNS(=O)(=O)c1ccc(Cl)s1)NC1CCOc2ccccc21.I. The first kappa shape index (κ1) is 23.2. The summed E-state index contributed by atoms with van der Waals surface area (Å²) in [4.78, 5) is 4.21. The van der Waals surface area contributed by atoms with Crippen molar-refractivity contribution in [3.05, 3.63) is 46.3 Å². The molecule has 1 atom stereocenters. The van der Waals surface area contributed by atoms with E-state index in [1.165, 1.54) is 6.07 Å². The number of benzene rings is 1. The van der Waals surface area contributed by atoms with Crippen LogP contribution in [0, 0.1) is 0 Å². The first-order valence-electron chi connectivity index (χ1n) is 8.43. The van der Waals surface area contributed by atoms with Gasteiger partial charge in [-0.1, -0.05) is 29.8 Å². The van der Waals surface area contributed by atoms with Crippen LogP contribution in [0.5, 0.6) is 5.75 Å². The third kappa shape index (κ3) is 5.96. The summed E-state index contributed by atoms with van der Waals surface area (Å²) in [5.74, 6) is 1.48. The Hall–Kier alpha value is -1.08. The van der Waals surface area contributed by atoms with E-state index in [-0.39, 0.29) is 40.8 Å². The average molecular weight is 557 g/mol. The van der Waals surface area contributed by atoms with Crippen molar-refractivity contribution >= 4 is 62.9 Å². The number of aliphatic imine (C=N–C) groups is 1. The lowest BCUT2D eigenvalue weighted by Gasteiger charge is -2.28. The molecule has 11 heteroatoms. The first-order chi connectivity index (χ1) is 13.0. The fourth-order valence-corrected chi connectivity index (χ4v) is 5.29. The third-order valence-corrected chi connectivity index (χ3v) is 7.20. The molecule has 7 nitrogen and oxygen atoms in total. The molecule has 0 amide bonds. The molecule has 3 N–H and O–H groups in total. The number of ether oxygens (including phenoxy) is 1. The molecule has 1 aliphatic rings. The summed E-state index contributed by atoms with van der Waals surface area (Å²) < 4.78 is 33.2. The Bertz CT molecular complexity index is 921.